The molecule has 1 heterocycles. The molecule has 0 unspecified atom stereocenters. The van der Waals surface area contributed by atoms with Gasteiger partial charge >= 0.3 is 0 Å². The predicted octanol–water partition coefficient (Wildman–Crippen LogP) is 3.89. The van der Waals surface area contributed by atoms with Crippen LogP contribution in [0.1, 0.15) is 5.56 Å². The number of carbonyl (C=O) groups excluding carboxylic acids is 1. The molecule has 0 spiro atoms. The molecule has 0 saturated heterocycles. The van der Waals surface area contributed by atoms with Crippen LogP contribution in [0.25, 0.3) is 0 Å². The van der Waals surface area contributed by atoms with Crippen LogP contribution in [0.4, 0.5) is 8.78 Å². The summed E-state index contributed by atoms with van der Waals surface area (Å²) in [7, 11) is 0. The Labute approximate surface area is 160 Å². The fraction of sp³-hybridized carbons (Fsp3) is 0.143. The Bertz CT molecular complexity index is 898. The summed E-state index contributed by atoms with van der Waals surface area (Å²) >= 11 is 0. The van der Waals surface area contributed by atoms with Crippen LogP contribution in [0.3, 0.4) is 0 Å². The summed E-state index contributed by atoms with van der Waals surface area (Å²) < 4.78 is 37.2. The van der Waals surface area contributed by atoms with E-state index < -0.39 is 11.6 Å². The van der Waals surface area contributed by atoms with Gasteiger partial charge in [0, 0.05) is 24.9 Å². The molecule has 0 aliphatic heterocycles. The fourth-order valence-electron chi connectivity index (χ4n) is 2.43. The smallest absolute Gasteiger partial charge is 0.257 e. The van der Waals surface area contributed by atoms with Gasteiger partial charge in [0.2, 0.25) is 5.88 Å². The lowest BCUT2D eigenvalue weighted by Crippen LogP contribution is -2.30. The number of hydrogen-bond donors (Lipinski definition) is 1. The highest BCUT2D eigenvalue weighted by molar-refractivity contribution is 5.77. The minimum atomic E-state index is -0.639. The molecule has 1 aromatic heterocycles. The molecule has 0 bridgehead atoms. The van der Waals surface area contributed by atoms with Gasteiger partial charge in [0.25, 0.3) is 5.91 Å². The minimum Gasteiger partial charge on any atom is -0.484 e. The van der Waals surface area contributed by atoms with Crippen molar-refractivity contribution in [1.82, 2.24) is 10.3 Å². The highest BCUT2D eigenvalue weighted by Gasteiger charge is 2.05. The number of nitrogens with zero attached hydrogens (tertiary/aromatic N) is 1. The van der Waals surface area contributed by atoms with Crippen molar-refractivity contribution in [3.8, 4) is 17.4 Å². The summed E-state index contributed by atoms with van der Waals surface area (Å²) in [5.74, 6) is -0.0202. The number of nitrogens with one attached hydrogen (secondary N) is 1. The van der Waals surface area contributed by atoms with Gasteiger partial charge in [-0.15, -0.1) is 0 Å². The molecular formula is C21H18F2N2O3. The second-order valence-electron chi connectivity index (χ2n) is 5.91. The monoisotopic (exact) mass is 384 g/mol. The number of rotatable bonds is 8. The van der Waals surface area contributed by atoms with Crippen LogP contribution in [-0.2, 0) is 11.2 Å². The molecule has 0 saturated carbocycles. The molecular weight excluding hydrogens is 366 g/mol. The molecule has 0 aliphatic carbocycles. The quantitative estimate of drug-likeness (QED) is 0.640. The first kappa shape index (κ1) is 19.3. The molecule has 7 heteroatoms. The number of hydrogen-bond acceptors (Lipinski definition) is 4. The van der Waals surface area contributed by atoms with Gasteiger partial charge in [0.05, 0.1) is 0 Å². The van der Waals surface area contributed by atoms with E-state index in [9.17, 15) is 13.6 Å². The Hall–Kier alpha value is -3.48. The summed E-state index contributed by atoms with van der Waals surface area (Å²) in [4.78, 5) is 15.9. The van der Waals surface area contributed by atoms with Gasteiger partial charge in [0.15, 0.2) is 6.61 Å². The maximum atomic E-state index is 13.1. The molecule has 0 aliphatic rings. The van der Waals surface area contributed by atoms with Crippen LogP contribution < -0.4 is 14.8 Å². The Morgan fingerprint density at radius 1 is 0.964 bits per heavy atom. The van der Waals surface area contributed by atoms with E-state index in [1.165, 1.54) is 12.1 Å². The van der Waals surface area contributed by atoms with Crippen LogP contribution in [-0.4, -0.2) is 24.0 Å². The molecule has 1 N–H and O–H groups in total. The number of halogens is 2. The van der Waals surface area contributed by atoms with Gasteiger partial charge < -0.3 is 14.8 Å². The van der Waals surface area contributed by atoms with E-state index >= 15 is 0 Å². The molecule has 1 amide bonds. The lowest BCUT2D eigenvalue weighted by atomic mass is 10.1. The highest BCUT2D eigenvalue weighted by atomic mass is 19.1. The molecule has 0 atom stereocenters. The van der Waals surface area contributed by atoms with Crippen molar-refractivity contribution in [2.75, 3.05) is 13.2 Å². The summed E-state index contributed by atoms with van der Waals surface area (Å²) in [5, 5.41) is 2.64. The van der Waals surface area contributed by atoms with Gasteiger partial charge in [-0.05, 0) is 54.4 Å². The third kappa shape index (κ3) is 6.05. The van der Waals surface area contributed by atoms with Crippen LogP contribution in [0, 0.1) is 11.6 Å². The summed E-state index contributed by atoms with van der Waals surface area (Å²) in [6, 6.07) is 15.4. The third-order valence-electron chi connectivity index (χ3n) is 3.71. The Morgan fingerprint density at radius 3 is 2.36 bits per heavy atom. The predicted molar refractivity (Wildman–Crippen MR) is 99.3 cm³/mol. The molecule has 3 rings (SSSR count). The zero-order chi connectivity index (χ0) is 19.8. The normalized spacial score (nSPS) is 10.4. The zero-order valence-corrected chi connectivity index (χ0v) is 14.9. The second kappa shape index (κ2) is 9.45. The Morgan fingerprint density at radius 2 is 1.68 bits per heavy atom. The standard InChI is InChI=1S/C21H18F2N2O3/c22-16-11-15(12-17(23)13-16)8-10-24-20(26)14-27-18-4-6-19(7-5-18)28-21-3-1-2-9-25-21/h1-7,9,11-13H,8,10,14H2,(H,24,26). The van der Waals surface area contributed by atoms with E-state index in [0.29, 0.717) is 29.4 Å². The second-order valence-corrected chi connectivity index (χ2v) is 5.91. The van der Waals surface area contributed by atoms with Gasteiger partial charge in [-0.1, -0.05) is 6.07 Å². The molecule has 2 aromatic carbocycles. The molecule has 3 aromatic rings. The lowest BCUT2D eigenvalue weighted by Gasteiger charge is -2.09. The van der Waals surface area contributed by atoms with Gasteiger partial charge in [-0.3, -0.25) is 4.79 Å². The number of carbonyl (C=O) groups is 1. The third-order valence-corrected chi connectivity index (χ3v) is 3.71. The van der Waals surface area contributed by atoms with E-state index in [0.717, 1.165) is 6.07 Å². The first-order valence-corrected chi connectivity index (χ1v) is 8.62. The van der Waals surface area contributed by atoms with Gasteiger partial charge in [-0.25, -0.2) is 13.8 Å². The topological polar surface area (TPSA) is 60.5 Å². The summed E-state index contributed by atoms with van der Waals surface area (Å²) in [5.41, 5.74) is 0.474. The SMILES string of the molecule is O=C(COc1ccc(Oc2ccccn2)cc1)NCCc1cc(F)cc(F)c1. The van der Waals surface area contributed by atoms with Crippen molar-refractivity contribution < 1.29 is 23.0 Å². The van der Waals surface area contributed by atoms with Crippen LogP contribution in [0.5, 0.6) is 17.4 Å². The van der Waals surface area contributed by atoms with Crippen molar-refractivity contribution in [2.45, 2.75) is 6.42 Å². The molecule has 28 heavy (non-hydrogen) atoms. The van der Waals surface area contributed by atoms with Crippen molar-refractivity contribution in [3.05, 3.63) is 84.1 Å². The van der Waals surface area contributed by atoms with Crippen molar-refractivity contribution in [3.63, 3.8) is 0 Å². The first-order valence-electron chi connectivity index (χ1n) is 8.62. The van der Waals surface area contributed by atoms with E-state index in [1.54, 1.807) is 42.6 Å². The fourth-order valence-corrected chi connectivity index (χ4v) is 2.43. The maximum Gasteiger partial charge on any atom is 0.257 e. The van der Waals surface area contributed by atoms with Crippen LogP contribution >= 0.6 is 0 Å². The van der Waals surface area contributed by atoms with Crippen LogP contribution in [0.15, 0.2) is 66.9 Å². The van der Waals surface area contributed by atoms with Crippen molar-refractivity contribution in [1.29, 1.82) is 0 Å². The summed E-state index contributed by atoms with van der Waals surface area (Å²) in [6.07, 6.45) is 1.95. The molecule has 5 nitrogen and oxygen atoms in total. The maximum absolute atomic E-state index is 13.1. The summed E-state index contributed by atoms with van der Waals surface area (Å²) in [6.45, 7) is 0.0832. The minimum absolute atomic E-state index is 0.169. The average Bonchev–Trinajstić information content (AvgIpc) is 2.67. The number of aromatic nitrogens is 1. The van der Waals surface area contributed by atoms with E-state index in [-0.39, 0.29) is 19.1 Å². The Balaban J connectivity index is 1.40. The van der Waals surface area contributed by atoms with Crippen LogP contribution in [0.2, 0.25) is 0 Å². The molecule has 0 radical (unpaired) electrons. The van der Waals surface area contributed by atoms with Gasteiger partial charge in [0.1, 0.15) is 23.1 Å². The molecule has 144 valence electrons. The number of benzene rings is 2. The first-order chi connectivity index (χ1) is 13.6. The van der Waals surface area contributed by atoms with Crippen molar-refractivity contribution in [2.24, 2.45) is 0 Å². The van der Waals surface area contributed by atoms with E-state index in [1.807, 2.05) is 6.07 Å². The number of amides is 1. The van der Waals surface area contributed by atoms with E-state index in [2.05, 4.69) is 10.3 Å². The Kier molecular flexibility index (Phi) is 6.51. The number of ether oxygens (including phenoxy) is 2. The number of pyridine rings is 1. The average molecular weight is 384 g/mol. The highest BCUT2D eigenvalue weighted by Crippen LogP contribution is 2.22. The van der Waals surface area contributed by atoms with Gasteiger partial charge in [-0.2, -0.15) is 0 Å². The van der Waals surface area contributed by atoms with E-state index in [4.69, 9.17) is 9.47 Å². The molecule has 0 fully saturated rings. The van der Waals surface area contributed by atoms with Crippen molar-refractivity contribution >= 4 is 5.91 Å². The zero-order valence-electron chi connectivity index (χ0n) is 14.9. The largest absolute Gasteiger partial charge is 0.484 e. The lowest BCUT2D eigenvalue weighted by molar-refractivity contribution is -0.123.